The topological polar surface area (TPSA) is 95.9 Å². The van der Waals surface area contributed by atoms with Crippen LogP contribution in [0.5, 0.6) is 0 Å². The van der Waals surface area contributed by atoms with Gasteiger partial charge in [-0.05, 0) is 70.6 Å². The van der Waals surface area contributed by atoms with E-state index in [0.29, 0.717) is 19.3 Å². The molecule has 0 spiro atoms. The third-order valence-corrected chi connectivity index (χ3v) is 11.4. The molecule has 60 heavy (non-hydrogen) atoms. The number of esters is 1. The van der Waals surface area contributed by atoms with Gasteiger partial charge < -0.3 is 20.3 Å². The van der Waals surface area contributed by atoms with Crippen molar-refractivity contribution in [3.8, 4) is 0 Å². The Morgan fingerprint density at radius 1 is 0.500 bits per heavy atom. The minimum absolute atomic E-state index is 0.0643. The maximum atomic E-state index is 13.2. The summed E-state index contributed by atoms with van der Waals surface area (Å²) in [6, 6.07) is -0.707. The average molecular weight is 840 g/mol. The van der Waals surface area contributed by atoms with Crippen molar-refractivity contribution in [3.05, 3.63) is 60.8 Å². The molecule has 0 fully saturated rings. The first-order valence-corrected chi connectivity index (χ1v) is 25.5. The van der Waals surface area contributed by atoms with Crippen molar-refractivity contribution in [1.29, 1.82) is 0 Å². The van der Waals surface area contributed by atoms with Crippen molar-refractivity contribution >= 4 is 11.9 Å². The Bertz CT molecular complexity index is 1080. The van der Waals surface area contributed by atoms with E-state index in [0.717, 1.165) is 96.3 Å². The minimum Gasteiger partial charge on any atom is -0.462 e. The number of unbranched alkanes of at least 4 members (excludes halogenated alkanes) is 23. The summed E-state index contributed by atoms with van der Waals surface area (Å²) in [7, 11) is 0. The van der Waals surface area contributed by atoms with E-state index < -0.39 is 18.2 Å². The standard InChI is InChI=1S/C54H97NO5/c1-4-7-10-13-16-19-21-23-24-25-26-27-28-30-32-35-38-41-44-47-54(59)60-50(45-42-39-36-33-18-15-12-9-6-3)48-53(58)55-51(49-56)52(57)46-43-40-37-34-31-29-22-20-17-14-11-8-5-2/h7,10,16,19,23-24,26-27,30,32,50-52,56-57H,4-6,8-9,11-15,17-18,20-22,25,28-29,31,33-49H2,1-3H3,(H,55,58)/b10-7-,19-16-,24-23-,27-26-,32-30-. The molecule has 3 unspecified atom stereocenters. The molecule has 0 saturated heterocycles. The monoisotopic (exact) mass is 840 g/mol. The van der Waals surface area contributed by atoms with E-state index in [1.807, 2.05) is 0 Å². The molecule has 0 saturated carbocycles. The van der Waals surface area contributed by atoms with Crippen LogP contribution in [0.25, 0.3) is 0 Å². The van der Waals surface area contributed by atoms with Gasteiger partial charge in [-0.15, -0.1) is 0 Å². The minimum atomic E-state index is -0.792. The number of aliphatic hydroxyl groups is 2. The van der Waals surface area contributed by atoms with Crippen LogP contribution in [-0.4, -0.2) is 46.9 Å². The number of carbonyl (C=O) groups excluding carboxylic acids is 2. The van der Waals surface area contributed by atoms with Crippen LogP contribution < -0.4 is 5.32 Å². The quantitative estimate of drug-likeness (QED) is 0.0322. The van der Waals surface area contributed by atoms with Crippen LogP contribution >= 0.6 is 0 Å². The molecule has 0 rings (SSSR count). The number of amides is 1. The second-order valence-corrected chi connectivity index (χ2v) is 17.2. The van der Waals surface area contributed by atoms with Gasteiger partial charge in [-0.25, -0.2) is 0 Å². The number of rotatable bonds is 45. The molecule has 1 amide bonds. The molecule has 0 bridgehead atoms. The molecular weight excluding hydrogens is 743 g/mol. The predicted molar refractivity (Wildman–Crippen MR) is 259 cm³/mol. The summed E-state index contributed by atoms with van der Waals surface area (Å²) >= 11 is 0. The molecule has 6 nitrogen and oxygen atoms in total. The molecule has 0 aliphatic heterocycles. The van der Waals surface area contributed by atoms with Gasteiger partial charge in [-0.3, -0.25) is 9.59 Å². The fourth-order valence-corrected chi connectivity index (χ4v) is 7.52. The first-order chi connectivity index (χ1) is 29.5. The molecular formula is C54H97NO5. The number of aliphatic hydroxyl groups excluding tert-OH is 2. The fourth-order valence-electron chi connectivity index (χ4n) is 7.52. The zero-order valence-corrected chi connectivity index (χ0v) is 39.6. The average Bonchev–Trinajstić information content (AvgIpc) is 3.24. The van der Waals surface area contributed by atoms with Crippen molar-refractivity contribution < 1.29 is 24.5 Å². The Kier molecular flexibility index (Phi) is 45.7. The van der Waals surface area contributed by atoms with Gasteiger partial charge in [0.1, 0.15) is 6.10 Å². The van der Waals surface area contributed by atoms with E-state index in [4.69, 9.17) is 4.74 Å². The molecule has 3 atom stereocenters. The Morgan fingerprint density at radius 2 is 0.900 bits per heavy atom. The zero-order chi connectivity index (χ0) is 43.8. The third kappa shape index (κ3) is 42.3. The van der Waals surface area contributed by atoms with Crippen LogP contribution in [0.4, 0.5) is 0 Å². The fraction of sp³-hybridized carbons (Fsp3) is 0.778. The van der Waals surface area contributed by atoms with Crippen molar-refractivity contribution in [3.63, 3.8) is 0 Å². The molecule has 6 heteroatoms. The van der Waals surface area contributed by atoms with E-state index in [9.17, 15) is 19.8 Å². The second kappa shape index (κ2) is 47.6. The molecule has 0 heterocycles. The molecule has 0 aromatic carbocycles. The second-order valence-electron chi connectivity index (χ2n) is 17.2. The number of nitrogens with one attached hydrogen (secondary N) is 1. The Hall–Kier alpha value is -2.44. The molecule has 3 N–H and O–H groups in total. The summed E-state index contributed by atoms with van der Waals surface area (Å²) in [5.74, 6) is -0.510. The van der Waals surface area contributed by atoms with Gasteiger partial charge in [-0.2, -0.15) is 0 Å². The van der Waals surface area contributed by atoms with Gasteiger partial charge in [0, 0.05) is 6.42 Å². The molecule has 0 aromatic heterocycles. The summed E-state index contributed by atoms with van der Waals surface area (Å²) in [5.41, 5.74) is 0. The summed E-state index contributed by atoms with van der Waals surface area (Å²) in [4.78, 5) is 26.1. The van der Waals surface area contributed by atoms with Crippen LogP contribution in [-0.2, 0) is 14.3 Å². The lowest BCUT2D eigenvalue weighted by Gasteiger charge is -2.24. The Balaban J connectivity index is 4.52. The summed E-state index contributed by atoms with van der Waals surface area (Å²) in [6.07, 6.45) is 58.5. The van der Waals surface area contributed by atoms with E-state index in [1.165, 1.54) is 103 Å². The van der Waals surface area contributed by atoms with Crippen molar-refractivity contribution in [2.24, 2.45) is 0 Å². The first-order valence-electron chi connectivity index (χ1n) is 25.5. The Labute approximate surface area is 371 Å². The van der Waals surface area contributed by atoms with Gasteiger partial charge in [0.25, 0.3) is 0 Å². The lowest BCUT2D eigenvalue weighted by Crippen LogP contribution is -2.46. The highest BCUT2D eigenvalue weighted by molar-refractivity contribution is 5.77. The van der Waals surface area contributed by atoms with Crippen molar-refractivity contribution in [2.45, 2.75) is 264 Å². The summed E-state index contributed by atoms with van der Waals surface area (Å²) in [5, 5.41) is 23.7. The van der Waals surface area contributed by atoms with Crippen LogP contribution in [0.15, 0.2) is 60.8 Å². The number of ether oxygens (including phenoxy) is 1. The lowest BCUT2D eigenvalue weighted by molar-refractivity contribution is -0.151. The molecule has 348 valence electrons. The first kappa shape index (κ1) is 57.6. The normalized spacial score (nSPS) is 13.8. The highest BCUT2D eigenvalue weighted by atomic mass is 16.5. The van der Waals surface area contributed by atoms with E-state index >= 15 is 0 Å². The van der Waals surface area contributed by atoms with Crippen LogP contribution in [0.3, 0.4) is 0 Å². The van der Waals surface area contributed by atoms with Crippen LogP contribution in [0.1, 0.15) is 245 Å². The van der Waals surface area contributed by atoms with E-state index in [1.54, 1.807) is 0 Å². The Morgan fingerprint density at radius 3 is 1.35 bits per heavy atom. The molecule has 0 aliphatic rings. The predicted octanol–water partition coefficient (Wildman–Crippen LogP) is 15.2. The van der Waals surface area contributed by atoms with Gasteiger partial charge >= 0.3 is 5.97 Å². The summed E-state index contributed by atoms with van der Waals surface area (Å²) < 4.78 is 5.90. The maximum absolute atomic E-state index is 13.2. The van der Waals surface area contributed by atoms with E-state index in [2.05, 4.69) is 86.8 Å². The van der Waals surface area contributed by atoms with Gasteiger partial charge in [0.2, 0.25) is 5.91 Å². The van der Waals surface area contributed by atoms with E-state index in [-0.39, 0.29) is 24.9 Å². The van der Waals surface area contributed by atoms with Gasteiger partial charge in [0.15, 0.2) is 0 Å². The van der Waals surface area contributed by atoms with Gasteiger partial charge in [-0.1, -0.05) is 223 Å². The largest absolute Gasteiger partial charge is 0.462 e. The smallest absolute Gasteiger partial charge is 0.306 e. The SMILES string of the molecule is CC/C=C\C/C=C\C/C=C\C/C=C\C/C=C\CCCCCC(=O)OC(CCCCCCCCCCC)CC(=O)NC(CO)C(O)CCCCCCCCCCCCCCC. The number of hydrogen-bond acceptors (Lipinski definition) is 5. The van der Waals surface area contributed by atoms with Crippen LogP contribution in [0, 0.1) is 0 Å². The molecule has 0 aromatic rings. The molecule has 0 radical (unpaired) electrons. The third-order valence-electron chi connectivity index (χ3n) is 11.4. The van der Waals surface area contributed by atoms with Crippen molar-refractivity contribution in [1.82, 2.24) is 5.32 Å². The number of allylic oxidation sites excluding steroid dienone is 10. The van der Waals surface area contributed by atoms with Crippen LogP contribution in [0.2, 0.25) is 0 Å². The van der Waals surface area contributed by atoms with Crippen molar-refractivity contribution in [2.75, 3.05) is 6.61 Å². The number of carbonyl (C=O) groups is 2. The zero-order valence-electron chi connectivity index (χ0n) is 39.6. The highest BCUT2D eigenvalue weighted by Crippen LogP contribution is 2.18. The maximum Gasteiger partial charge on any atom is 0.306 e. The number of hydrogen-bond donors (Lipinski definition) is 3. The van der Waals surface area contributed by atoms with Gasteiger partial charge in [0.05, 0.1) is 25.2 Å². The highest BCUT2D eigenvalue weighted by Gasteiger charge is 2.24. The lowest BCUT2D eigenvalue weighted by atomic mass is 10.0. The molecule has 0 aliphatic carbocycles. The summed E-state index contributed by atoms with van der Waals surface area (Å²) in [6.45, 7) is 6.35.